The second-order valence-electron chi connectivity index (χ2n) is 21.0. The minimum Gasteiger partial charge on any atom is -0.507 e. The van der Waals surface area contributed by atoms with Crippen LogP contribution in [0.15, 0.2) is 12.1 Å². The van der Waals surface area contributed by atoms with Crippen LogP contribution in [0, 0.1) is 12.8 Å². The van der Waals surface area contributed by atoms with E-state index in [0.717, 1.165) is 6.92 Å². The van der Waals surface area contributed by atoms with Gasteiger partial charge in [0.1, 0.15) is 60.0 Å². The first kappa shape index (κ1) is 56.6. The Balaban J connectivity index is 1.03. The van der Waals surface area contributed by atoms with Crippen LogP contribution < -0.4 is 4.74 Å². The van der Waals surface area contributed by atoms with Crippen LogP contribution in [0.5, 0.6) is 17.2 Å². The number of ether oxygens (including phenoxy) is 11. The van der Waals surface area contributed by atoms with Gasteiger partial charge in [-0.2, -0.15) is 0 Å². The highest BCUT2D eigenvalue weighted by molar-refractivity contribution is 6.38. The maximum absolute atomic E-state index is 14.9. The molecule has 0 radical (unpaired) electrons. The maximum atomic E-state index is 14.9. The molecule has 23 atom stereocenters. The van der Waals surface area contributed by atoms with Crippen molar-refractivity contribution in [1.29, 1.82) is 0 Å². The number of methoxy groups -OCH3 is 1. The lowest BCUT2D eigenvalue weighted by Gasteiger charge is -2.46. The lowest BCUT2D eigenvalue weighted by atomic mass is 9.75. The second-order valence-corrected chi connectivity index (χ2v) is 21.0. The van der Waals surface area contributed by atoms with Crippen LogP contribution >= 0.6 is 0 Å². The highest BCUT2D eigenvalue weighted by Gasteiger charge is 2.51. The molecule has 23 heteroatoms. The highest BCUT2D eigenvalue weighted by atomic mass is 16.7. The second kappa shape index (κ2) is 22.4. The van der Waals surface area contributed by atoms with Crippen molar-refractivity contribution in [3.05, 3.63) is 28.8 Å². The smallest absolute Gasteiger partial charge is 0.227 e. The van der Waals surface area contributed by atoms with Crippen LogP contribution in [0.1, 0.15) is 102 Å². The molecule has 414 valence electrons. The summed E-state index contributed by atoms with van der Waals surface area (Å²) in [5.74, 6) is -4.76. The summed E-state index contributed by atoms with van der Waals surface area (Å²) >= 11 is 0. The number of carbonyl (C=O) groups excluding carboxylic acids is 3. The average Bonchev–Trinajstić information content (AvgIpc) is 3.32. The number of aromatic hydroxyl groups is 2. The third-order valence-corrected chi connectivity index (χ3v) is 15.5. The molecule has 0 amide bonds. The Morgan fingerprint density at radius 2 is 1.16 bits per heavy atom. The highest BCUT2D eigenvalue weighted by Crippen LogP contribution is 2.47. The number of carbonyl (C=O) groups is 3. The third kappa shape index (κ3) is 11.4. The van der Waals surface area contributed by atoms with Crippen molar-refractivity contribution in [2.45, 2.75) is 229 Å². The van der Waals surface area contributed by atoms with Crippen LogP contribution in [-0.4, -0.2) is 205 Å². The number of ketones is 3. The molecule has 74 heavy (non-hydrogen) atoms. The largest absolute Gasteiger partial charge is 0.507 e. The van der Waals surface area contributed by atoms with Crippen LogP contribution in [0.25, 0.3) is 10.8 Å². The zero-order chi connectivity index (χ0) is 54.0. The molecular weight excluding hydrogens is 981 g/mol. The molecule has 0 spiro atoms. The number of aliphatic hydroxyl groups excluding tert-OH is 6. The number of phenols is 2. The Bertz CT molecular complexity index is 2350. The Labute approximate surface area is 427 Å². The topological polar surface area (TPSA) is 335 Å². The number of phenolic OH excluding ortho intramolecular Hbond substituents is 2. The van der Waals surface area contributed by atoms with Gasteiger partial charge in [0.05, 0.1) is 71.5 Å². The zero-order valence-electron chi connectivity index (χ0n) is 42.8. The minimum absolute atomic E-state index is 0.0247. The van der Waals surface area contributed by atoms with Gasteiger partial charge in [-0.1, -0.05) is 0 Å². The SMILES string of the molecule is COC(C(=O)C(C)=O)C1Cc2cc3cc(OC4CC(OC5CC(O)C(O)C(C)O5)C(O)C(C)O4)c(C)c(O)c3c(O)c2C(=O)C1OC1CC(OC2CC(OC3CC(C)(O)C(O)C(C)O3)C(O)C(C)O2)C(O)C(C)O1. The lowest BCUT2D eigenvalue weighted by Crippen LogP contribution is -2.58. The van der Waals surface area contributed by atoms with E-state index in [1.54, 1.807) is 34.6 Å². The molecular formula is C51H72O23. The van der Waals surface area contributed by atoms with Gasteiger partial charge in [-0.15, -0.1) is 0 Å². The minimum atomic E-state index is -1.61. The summed E-state index contributed by atoms with van der Waals surface area (Å²) in [6.07, 6.45) is -23.0. The Kier molecular flexibility index (Phi) is 17.2. The van der Waals surface area contributed by atoms with Gasteiger partial charge in [0.15, 0.2) is 36.7 Å². The molecule has 5 saturated heterocycles. The van der Waals surface area contributed by atoms with E-state index >= 15 is 0 Å². The summed E-state index contributed by atoms with van der Waals surface area (Å²) in [6, 6.07) is 3.06. The van der Waals surface area contributed by atoms with Crippen molar-refractivity contribution in [3.63, 3.8) is 0 Å². The van der Waals surface area contributed by atoms with Crippen LogP contribution in [0.3, 0.4) is 0 Å². The van der Waals surface area contributed by atoms with E-state index in [1.807, 2.05) is 0 Å². The monoisotopic (exact) mass is 1050 g/mol. The van der Waals surface area contributed by atoms with Crippen molar-refractivity contribution in [2.24, 2.45) is 5.92 Å². The fourth-order valence-corrected chi connectivity index (χ4v) is 11.1. The van der Waals surface area contributed by atoms with Gasteiger partial charge in [-0.25, -0.2) is 0 Å². The number of Topliss-reactive ketones (excluding diaryl/α,β-unsaturated/α-hetero) is 3. The molecule has 0 saturated carbocycles. The molecule has 5 heterocycles. The van der Waals surface area contributed by atoms with Gasteiger partial charge < -0.3 is 98.1 Å². The van der Waals surface area contributed by atoms with Crippen molar-refractivity contribution in [2.75, 3.05) is 7.11 Å². The molecule has 5 aliphatic heterocycles. The van der Waals surface area contributed by atoms with Crippen LogP contribution in [-0.2, 0) is 63.4 Å². The van der Waals surface area contributed by atoms with Gasteiger partial charge in [-0.3, -0.25) is 14.4 Å². The molecule has 6 aliphatic rings. The molecule has 2 aromatic rings. The number of benzene rings is 2. The number of hydrogen-bond acceptors (Lipinski definition) is 23. The Hall–Kier alpha value is -3.57. The first-order chi connectivity index (χ1) is 34.8. The molecule has 1 aliphatic carbocycles. The molecule has 0 aromatic heterocycles. The Morgan fingerprint density at radius 3 is 1.69 bits per heavy atom. The van der Waals surface area contributed by atoms with E-state index in [-0.39, 0.29) is 71.7 Å². The molecule has 0 bridgehead atoms. The average molecular weight is 1050 g/mol. The van der Waals surface area contributed by atoms with Crippen molar-refractivity contribution >= 4 is 28.1 Å². The fourth-order valence-electron chi connectivity index (χ4n) is 11.1. The van der Waals surface area contributed by atoms with Crippen LogP contribution in [0.4, 0.5) is 0 Å². The van der Waals surface area contributed by atoms with Gasteiger partial charge >= 0.3 is 0 Å². The fraction of sp³-hybridized carbons (Fsp3) is 0.745. The number of hydrogen-bond donors (Lipinski definition) is 9. The summed E-state index contributed by atoms with van der Waals surface area (Å²) < 4.78 is 66.4. The summed E-state index contributed by atoms with van der Waals surface area (Å²) in [6.45, 7) is 12.0. The molecule has 23 nitrogen and oxygen atoms in total. The molecule has 23 unspecified atom stereocenters. The van der Waals surface area contributed by atoms with Gasteiger partial charge in [0.2, 0.25) is 12.1 Å². The summed E-state index contributed by atoms with van der Waals surface area (Å²) in [7, 11) is 1.20. The van der Waals surface area contributed by atoms with Gasteiger partial charge in [-0.05, 0) is 78.0 Å². The normalized spacial score (nSPS) is 42.4. The molecule has 8 rings (SSSR count). The van der Waals surface area contributed by atoms with Crippen molar-refractivity contribution in [1.82, 2.24) is 0 Å². The third-order valence-electron chi connectivity index (χ3n) is 15.5. The zero-order valence-corrected chi connectivity index (χ0v) is 42.8. The van der Waals surface area contributed by atoms with E-state index in [0.29, 0.717) is 0 Å². The number of rotatable bonds is 14. The van der Waals surface area contributed by atoms with E-state index in [4.69, 9.17) is 52.1 Å². The summed E-state index contributed by atoms with van der Waals surface area (Å²) in [5, 5.41) is 98.9. The quantitative estimate of drug-likeness (QED) is 0.117. The van der Waals surface area contributed by atoms with Gasteiger partial charge in [0, 0.05) is 57.6 Å². The molecule has 9 N–H and O–H groups in total. The predicted molar refractivity (Wildman–Crippen MR) is 252 cm³/mol. The van der Waals surface area contributed by atoms with E-state index in [9.17, 15) is 60.3 Å². The Morgan fingerprint density at radius 1 is 0.676 bits per heavy atom. The first-order valence-corrected chi connectivity index (χ1v) is 25.3. The van der Waals surface area contributed by atoms with Crippen molar-refractivity contribution < 1.29 is 112 Å². The molecule has 2 aromatic carbocycles. The van der Waals surface area contributed by atoms with E-state index < -0.39 is 169 Å². The lowest BCUT2D eigenvalue weighted by molar-refractivity contribution is -0.334. The molecule has 5 fully saturated rings. The number of fused-ring (bicyclic) bond motifs is 2. The van der Waals surface area contributed by atoms with Gasteiger partial charge in [0.25, 0.3) is 0 Å². The van der Waals surface area contributed by atoms with E-state index in [2.05, 4.69) is 0 Å². The predicted octanol–water partition coefficient (Wildman–Crippen LogP) is 0.598. The first-order valence-electron chi connectivity index (χ1n) is 25.3. The van der Waals surface area contributed by atoms with Crippen LogP contribution in [0.2, 0.25) is 0 Å². The van der Waals surface area contributed by atoms with Crippen molar-refractivity contribution in [3.8, 4) is 17.2 Å². The standard InChI is InChI=1S/C51H72O23/c1-18-29(70-34-14-30(43(57)21(4)66-34)71-33-13-28(53)42(56)20(3)65-33)12-26-10-25-11-27(48(64-9)41(55)19(2)52)49(47(61)39(25)46(60)38(26)40(18)54)74-36-16-31(44(58)23(6)68-36)72-35-15-32(45(59)22(5)67-35)73-37-17-51(8,63)50(62)24(7)69-37/h10,12,20-24,27-28,30-37,42-45,48-50,53-54,56-60,62-63H,11,13-17H2,1-9H3. The maximum Gasteiger partial charge on any atom is 0.227 e. The summed E-state index contributed by atoms with van der Waals surface area (Å²) in [4.78, 5) is 41.1. The van der Waals surface area contributed by atoms with E-state index in [1.165, 1.54) is 33.1 Å². The number of aliphatic hydroxyl groups is 7. The summed E-state index contributed by atoms with van der Waals surface area (Å²) in [5.41, 5.74) is -1.40.